The van der Waals surface area contributed by atoms with Crippen LogP contribution in [-0.2, 0) is 19.0 Å². The Hall–Kier alpha value is -1.07. The topological polar surface area (TPSA) is 65.0 Å². The van der Waals surface area contributed by atoms with Crippen LogP contribution >= 0.6 is 0 Å². The van der Waals surface area contributed by atoms with E-state index in [1.807, 2.05) is 0 Å². The second-order valence-electron chi connectivity index (χ2n) is 3.64. The van der Waals surface area contributed by atoms with E-state index in [0.717, 1.165) is 6.08 Å². The standard InChI is InChI=1S/C10H16O5/c1-4-13-9(12)5-7(11)8-6-14-10(2,3)15-8/h5,8,11H,4,6H2,1-3H3/b7-5-/t8-/m1/s1. The fraction of sp³-hybridized carbons (Fsp3) is 0.700. The lowest BCUT2D eigenvalue weighted by molar-refractivity contribution is -0.140. The minimum atomic E-state index is -0.721. The van der Waals surface area contributed by atoms with Crippen LogP contribution in [0.25, 0.3) is 0 Å². The van der Waals surface area contributed by atoms with E-state index in [1.165, 1.54) is 0 Å². The van der Waals surface area contributed by atoms with Crippen molar-refractivity contribution in [2.75, 3.05) is 13.2 Å². The zero-order chi connectivity index (χ0) is 11.5. The molecule has 0 aromatic carbocycles. The zero-order valence-electron chi connectivity index (χ0n) is 9.15. The van der Waals surface area contributed by atoms with E-state index in [0.29, 0.717) is 0 Å². The van der Waals surface area contributed by atoms with Crippen molar-refractivity contribution in [1.29, 1.82) is 0 Å². The Balaban J connectivity index is 2.54. The lowest BCUT2D eigenvalue weighted by atomic mass is 10.3. The highest BCUT2D eigenvalue weighted by Gasteiger charge is 2.35. The minimum Gasteiger partial charge on any atom is -0.509 e. The summed E-state index contributed by atoms with van der Waals surface area (Å²) >= 11 is 0. The average Bonchev–Trinajstić information content (AvgIpc) is 2.46. The van der Waals surface area contributed by atoms with Crippen molar-refractivity contribution in [3.63, 3.8) is 0 Å². The summed E-state index contributed by atoms with van der Waals surface area (Å²) in [7, 11) is 0. The molecule has 0 saturated carbocycles. The molecule has 15 heavy (non-hydrogen) atoms. The number of aliphatic hydroxyl groups is 1. The molecule has 0 amide bonds. The fourth-order valence-electron chi connectivity index (χ4n) is 1.23. The van der Waals surface area contributed by atoms with Crippen LogP contribution < -0.4 is 0 Å². The third kappa shape index (κ3) is 3.53. The first-order valence-corrected chi connectivity index (χ1v) is 4.83. The van der Waals surface area contributed by atoms with Gasteiger partial charge >= 0.3 is 5.97 Å². The van der Waals surface area contributed by atoms with Crippen molar-refractivity contribution in [1.82, 2.24) is 0 Å². The number of carbonyl (C=O) groups is 1. The highest BCUT2D eigenvalue weighted by atomic mass is 16.7. The number of rotatable bonds is 3. The van der Waals surface area contributed by atoms with Gasteiger partial charge in [0, 0.05) is 0 Å². The largest absolute Gasteiger partial charge is 0.509 e. The molecule has 0 aliphatic carbocycles. The summed E-state index contributed by atoms with van der Waals surface area (Å²) in [5, 5.41) is 9.53. The van der Waals surface area contributed by atoms with Gasteiger partial charge in [-0.05, 0) is 20.8 Å². The van der Waals surface area contributed by atoms with Crippen molar-refractivity contribution in [2.45, 2.75) is 32.7 Å². The van der Waals surface area contributed by atoms with E-state index in [9.17, 15) is 9.90 Å². The van der Waals surface area contributed by atoms with Crippen molar-refractivity contribution in [3.05, 3.63) is 11.8 Å². The molecular formula is C10H16O5. The van der Waals surface area contributed by atoms with E-state index in [4.69, 9.17) is 9.47 Å². The molecule has 0 aromatic heterocycles. The molecule has 1 aliphatic rings. The van der Waals surface area contributed by atoms with Crippen LogP contribution in [0.1, 0.15) is 20.8 Å². The van der Waals surface area contributed by atoms with Crippen LogP contribution in [0, 0.1) is 0 Å². The van der Waals surface area contributed by atoms with Gasteiger partial charge in [0.2, 0.25) is 0 Å². The summed E-state index contributed by atoms with van der Waals surface area (Å²) in [5.74, 6) is -1.47. The van der Waals surface area contributed by atoms with Crippen molar-refractivity contribution in [2.24, 2.45) is 0 Å². The molecule has 5 nitrogen and oxygen atoms in total. The molecule has 0 aromatic rings. The molecule has 1 aliphatic heterocycles. The molecule has 1 fully saturated rings. The Labute approximate surface area is 88.6 Å². The van der Waals surface area contributed by atoms with Crippen LogP contribution in [0.2, 0.25) is 0 Å². The highest BCUT2D eigenvalue weighted by molar-refractivity contribution is 5.82. The van der Waals surface area contributed by atoms with Gasteiger partial charge in [0.1, 0.15) is 11.9 Å². The van der Waals surface area contributed by atoms with E-state index >= 15 is 0 Å². The smallest absolute Gasteiger partial charge is 0.334 e. The second kappa shape index (κ2) is 4.63. The predicted molar refractivity (Wildman–Crippen MR) is 52.2 cm³/mol. The second-order valence-corrected chi connectivity index (χ2v) is 3.64. The Bertz CT molecular complexity index is 269. The lowest BCUT2D eigenvalue weighted by Crippen LogP contribution is -2.22. The normalized spacial score (nSPS) is 25.3. The molecule has 0 radical (unpaired) electrons. The van der Waals surface area contributed by atoms with Crippen LogP contribution in [-0.4, -0.2) is 36.2 Å². The van der Waals surface area contributed by atoms with Gasteiger partial charge in [-0.15, -0.1) is 0 Å². The molecule has 5 heteroatoms. The van der Waals surface area contributed by atoms with Crippen molar-refractivity contribution in [3.8, 4) is 0 Å². The molecule has 0 unspecified atom stereocenters. The lowest BCUT2D eigenvalue weighted by Gasteiger charge is -2.16. The maximum absolute atomic E-state index is 11.0. The third-order valence-electron chi connectivity index (χ3n) is 1.89. The summed E-state index contributed by atoms with van der Waals surface area (Å²) in [5.41, 5.74) is 0. The Kier molecular flexibility index (Phi) is 3.71. The number of carbonyl (C=O) groups excluding carboxylic acids is 1. The van der Waals surface area contributed by atoms with Gasteiger partial charge in [0.15, 0.2) is 5.79 Å². The maximum Gasteiger partial charge on any atom is 0.334 e. The first kappa shape index (κ1) is 12.0. The van der Waals surface area contributed by atoms with Gasteiger partial charge in [-0.1, -0.05) is 0 Å². The fourth-order valence-corrected chi connectivity index (χ4v) is 1.23. The summed E-state index contributed by atoms with van der Waals surface area (Å²) < 4.78 is 15.2. The van der Waals surface area contributed by atoms with Crippen molar-refractivity contribution >= 4 is 5.97 Å². The molecule has 0 spiro atoms. The average molecular weight is 216 g/mol. The molecule has 1 atom stereocenters. The van der Waals surface area contributed by atoms with Crippen LogP contribution in [0.5, 0.6) is 0 Å². The first-order valence-electron chi connectivity index (χ1n) is 4.83. The summed E-state index contributed by atoms with van der Waals surface area (Å²) in [6, 6.07) is 0. The van der Waals surface area contributed by atoms with Gasteiger partial charge in [-0.3, -0.25) is 0 Å². The molecule has 1 N–H and O–H groups in total. The highest BCUT2D eigenvalue weighted by Crippen LogP contribution is 2.25. The van der Waals surface area contributed by atoms with Crippen molar-refractivity contribution < 1.29 is 24.1 Å². The van der Waals surface area contributed by atoms with Crippen LogP contribution in [0.15, 0.2) is 11.8 Å². The van der Waals surface area contributed by atoms with Gasteiger partial charge < -0.3 is 19.3 Å². The molecular weight excluding hydrogens is 200 g/mol. The number of esters is 1. The van der Waals surface area contributed by atoms with Crippen LogP contribution in [0.3, 0.4) is 0 Å². The van der Waals surface area contributed by atoms with E-state index in [-0.39, 0.29) is 19.0 Å². The van der Waals surface area contributed by atoms with E-state index < -0.39 is 17.9 Å². The predicted octanol–water partition coefficient (Wildman–Crippen LogP) is 1.14. The van der Waals surface area contributed by atoms with Gasteiger partial charge in [-0.2, -0.15) is 0 Å². The van der Waals surface area contributed by atoms with Gasteiger partial charge in [0.25, 0.3) is 0 Å². The van der Waals surface area contributed by atoms with Gasteiger partial charge in [0.05, 0.1) is 19.3 Å². The summed E-state index contributed by atoms with van der Waals surface area (Å²) in [6.07, 6.45) is 0.420. The van der Waals surface area contributed by atoms with Gasteiger partial charge in [-0.25, -0.2) is 4.79 Å². The SMILES string of the molecule is CCOC(=O)/C=C(\O)[C@H]1COC(C)(C)O1. The molecule has 86 valence electrons. The van der Waals surface area contributed by atoms with E-state index in [1.54, 1.807) is 20.8 Å². The summed E-state index contributed by atoms with van der Waals surface area (Å²) in [4.78, 5) is 11.0. The maximum atomic E-state index is 11.0. The first-order chi connectivity index (χ1) is 6.94. The van der Waals surface area contributed by atoms with E-state index in [2.05, 4.69) is 4.74 Å². The Morgan fingerprint density at radius 3 is 2.80 bits per heavy atom. The quantitative estimate of drug-likeness (QED) is 0.435. The Morgan fingerprint density at radius 2 is 2.33 bits per heavy atom. The number of hydrogen-bond acceptors (Lipinski definition) is 5. The third-order valence-corrected chi connectivity index (χ3v) is 1.89. The molecule has 1 heterocycles. The molecule has 1 rings (SSSR count). The number of aliphatic hydroxyl groups excluding tert-OH is 1. The minimum absolute atomic E-state index is 0.168. The zero-order valence-corrected chi connectivity index (χ0v) is 9.15. The van der Waals surface area contributed by atoms with Crippen LogP contribution in [0.4, 0.5) is 0 Å². The Morgan fingerprint density at radius 1 is 1.67 bits per heavy atom. The number of ether oxygens (including phenoxy) is 3. The molecule has 1 saturated heterocycles. The molecule has 0 bridgehead atoms. The number of hydrogen-bond donors (Lipinski definition) is 1. The monoisotopic (exact) mass is 216 g/mol. The summed E-state index contributed by atoms with van der Waals surface area (Å²) in [6.45, 7) is 5.68.